The van der Waals surface area contributed by atoms with Crippen LogP contribution in [0.2, 0.25) is 0 Å². The molecule has 3 N–H and O–H groups in total. The summed E-state index contributed by atoms with van der Waals surface area (Å²) in [4.78, 5) is 21.3. The van der Waals surface area contributed by atoms with Crippen LogP contribution >= 0.6 is 0 Å². The monoisotopic (exact) mass is 315 g/mol. The summed E-state index contributed by atoms with van der Waals surface area (Å²) in [6.45, 7) is 3.91. The molecule has 0 bridgehead atoms. The van der Waals surface area contributed by atoms with Gasteiger partial charge < -0.3 is 10.2 Å². The molecule has 8 heteroatoms. The lowest BCUT2D eigenvalue weighted by molar-refractivity contribution is -0.145. The van der Waals surface area contributed by atoms with Gasteiger partial charge in [-0.25, -0.2) is 8.42 Å². The normalized spacial score (nSPS) is 13.1. The van der Waals surface area contributed by atoms with Gasteiger partial charge in [0, 0.05) is 0 Å². The number of hydrogen-bond donors (Lipinski definition) is 3. The number of hydrogen-bond acceptors (Lipinski definition) is 4. The van der Waals surface area contributed by atoms with Crippen molar-refractivity contribution in [2.45, 2.75) is 37.1 Å². The summed E-state index contributed by atoms with van der Waals surface area (Å²) in [7, 11) is -4.09. The van der Waals surface area contributed by atoms with E-state index in [0.717, 1.165) is 5.56 Å². The fourth-order valence-electron chi connectivity index (χ4n) is 1.64. The Morgan fingerprint density at radius 1 is 1.14 bits per heavy atom. The second-order valence-corrected chi connectivity index (χ2v) is 6.55. The molecule has 0 aromatic heterocycles. The van der Waals surface area contributed by atoms with Gasteiger partial charge in [-0.3, -0.25) is 9.59 Å². The van der Waals surface area contributed by atoms with Gasteiger partial charge in [0.25, 0.3) is 0 Å². The minimum atomic E-state index is -4.09. The first-order valence-corrected chi connectivity index (χ1v) is 7.68. The highest BCUT2D eigenvalue weighted by Gasteiger charge is 2.27. The third-order valence-corrected chi connectivity index (χ3v) is 4.32. The molecule has 0 heterocycles. The van der Waals surface area contributed by atoms with Crippen LogP contribution in [0.15, 0.2) is 29.2 Å². The standard InChI is InChI=1S/C13H17NO6S/c1-8(2)9-3-5-10(6-4-9)21(19,20)14-11(13(17)18)7-12(15)16/h3-6,8,11,14H,7H2,1-2H3,(H,15,16)(H,17,18)/t11-/m0/s1. The first-order chi connectivity index (χ1) is 9.63. The maximum Gasteiger partial charge on any atom is 0.322 e. The van der Waals surface area contributed by atoms with Crippen LogP contribution in [0, 0.1) is 0 Å². The van der Waals surface area contributed by atoms with Crippen LogP contribution in [-0.4, -0.2) is 36.6 Å². The van der Waals surface area contributed by atoms with E-state index in [2.05, 4.69) is 0 Å². The average molecular weight is 315 g/mol. The van der Waals surface area contributed by atoms with Crippen LogP contribution in [0.1, 0.15) is 31.7 Å². The number of nitrogens with one attached hydrogen (secondary N) is 1. The molecular formula is C13H17NO6S. The lowest BCUT2D eigenvalue weighted by atomic mass is 10.0. The Labute approximate surface area is 122 Å². The number of benzene rings is 1. The third-order valence-electron chi connectivity index (χ3n) is 2.83. The van der Waals surface area contributed by atoms with E-state index >= 15 is 0 Å². The molecule has 0 amide bonds. The van der Waals surface area contributed by atoms with E-state index in [9.17, 15) is 18.0 Å². The van der Waals surface area contributed by atoms with Gasteiger partial charge in [0.1, 0.15) is 6.04 Å². The zero-order chi connectivity index (χ0) is 16.2. The van der Waals surface area contributed by atoms with E-state index in [4.69, 9.17) is 10.2 Å². The SMILES string of the molecule is CC(C)c1ccc(S(=O)(=O)N[C@@H](CC(=O)O)C(=O)O)cc1. The fourth-order valence-corrected chi connectivity index (χ4v) is 2.83. The smallest absolute Gasteiger partial charge is 0.322 e. The highest BCUT2D eigenvalue weighted by atomic mass is 32.2. The lowest BCUT2D eigenvalue weighted by Gasteiger charge is -2.13. The molecular weight excluding hydrogens is 298 g/mol. The molecule has 0 radical (unpaired) electrons. The van der Waals surface area contributed by atoms with Crippen molar-refractivity contribution >= 4 is 22.0 Å². The van der Waals surface area contributed by atoms with E-state index < -0.39 is 34.4 Å². The zero-order valence-electron chi connectivity index (χ0n) is 11.6. The van der Waals surface area contributed by atoms with Gasteiger partial charge in [0.15, 0.2) is 0 Å². The van der Waals surface area contributed by atoms with Gasteiger partial charge in [0.2, 0.25) is 10.0 Å². The van der Waals surface area contributed by atoms with Crippen LogP contribution in [0.25, 0.3) is 0 Å². The number of carbonyl (C=O) groups is 2. The second-order valence-electron chi connectivity index (χ2n) is 4.83. The summed E-state index contributed by atoms with van der Waals surface area (Å²) in [6, 6.07) is 4.27. The van der Waals surface area contributed by atoms with E-state index in [0.29, 0.717) is 0 Å². The molecule has 0 aliphatic heterocycles. The number of carboxylic acids is 2. The van der Waals surface area contributed by atoms with Crippen LogP contribution in [0.4, 0.5) is 0 Å². The predicted molar refractivity (Wildman–Crippen MR) is 74.5 cm³/mol. The summed E-state index contributed by atoms with van der Waals surface area (Å²) < 4.78 is 26.0. The van der Waals surface area contributed by atoms with E-state index in [1.165, 1.54) is 12.1 Å². The molecule has 7 nitrogen and oxygen atoms in total. The molecule has 0 unspecified atom stereocenters. The molecule has 0 aliphatic carbocycles. The van der Waals surface area contributed by atoms with E-state index in [-0.39, 0.29) is 10.8 Å². The quantitative estimate of drug-likeness (QED) is 0.690. The predicted octanol–water partition coefficient (Wildman–Crippen LogP) is 1.02. The van der Waals surface area contributed by atoms with Gasteiger partial charge in [-0.1, -0.05) is 26.0 Å². The minimum Gasteiger partial charge on any atom is -0.481 e. The summed E-state index contributed by atoms with van der Waals surface area (Å²) in [5.41, 5.74) is 0.939. The van der Waals surface area contributed by atoms with Crippen molar-refractivity contribution in [2.75, 3.05) is 0 Å². The van der Waals surface area contributed by atoms with Crippen LogP contribution in [-0.2, 0) is 19.6 Å². The van der Waals surface area contributed by atoms with Crippen molar-refractivity contribution in [1.29, 1.82) is 0 Å². The second kappa shape index (κ2) is 6.68. The Morgan fingerprint density at radius 3 is 2.05 bits per heavy atom. The molecule has 1 atom stereocenters. The fraction of sp³-hybridized carbons (Fsp3) is 0.385. The Balaban J connectivity index is 2.98. The number of rotatable bonds is 7. The number of sulfonamides is 1. The molecule has 0 aliphatic rings. The molecule has 1 aromatic rings. The summed E-state index contributed by atoms with van der Waals surface area (Å²) in [6.07, 6.45) is -0.835. The first kappa shape index (κ1) is 17.1. The maximum absolute atomic E-state index is 12.0. The summed E-state index contributed by atoms with van der Waals surface area (Å²) >= 11 is 0. The Hall–Kier alpha value is -1.93. The highest BCUT2D eigenvalue weighted by Crippen LogP contribution is 2.17. The van der Waals surface area contributed by atoms with Crippen molar-refractivity contribution in [3.05, 3.63) is 29.8 Å². The average Bonchev–Trinajstić information content (AvgIpc) is 2.37. The number of carboxylic acid groups (broad SMARTS) is 2. The highest BCUT2D eigenvalue weighted by molar-refractivity contribution is 7.89. The topological polar surface area (TPSA) is 121 Å². The Bertz CT molecular complexity index is 621. The van der Waals surface area contributed by atoms with Crippen molar-refractivity contribution in [1.82, 2.24) is 4.72 Å². The van der Waals surface area contributed by atoms with Crippen molar-refractivity contribution in [3.8, 4) is 0 Å². The van der Waals surface area contributed by atoms with E-state index in [1.54, 1.807) is 12.1 Å². The van der Waals surface area contributed by atoms with Crippen molar-refractivity contribution in [3.63, 3.8) is 0 Å². The zero-order valence-corrected chi connectivity index (χ0v) is 12.4. The largest absolute Gasteiger partial charge is 0.481 e. The molecule has 21 heavy (non-hydrogen) atoms. The Morgan fingerprint density at radius 2 is 1.67 bits per heavy atom. The van der Waals surface area contributed by atoms with Gasteiger partial charge in [-0.05, 0) is 23.6 Å². The molecule has 0 spiro atoms. The lowest BCUT2D eigenvalue weighted by Crippen LogP contribution is -2.42. The summed E-state index contributed by atoms with van der Waals surface area (Å²) in [5, 5.41) is 17.5. The van der Waals surface area contributed by atoms with Crippen molar-refractivity contribution < 1.29 is 28.2 Å². The number of aliphatic carboxylic acids is 2. The van der Waals surface area contributed by atoms with Gasteiger partial charge in [-0.2, -0.15) is 4.72 Å². The maximum atomic E-state index is 12.0. The molecule has 116 valence electrons. The van der Waals surface area contributed by atoms with Crippen LogP contribution < -0.4 is 4.72 Å². The van der Waals surface area contributed by atoms with Gasteiger partial charge in [-0.15, -0.1) is 0 Å². The molecule has 0 saturated heterocycles. The molecule has 1 aromatic carbocycles. The first-order valence-electron chi connectivity index (χ1n) is 6.20. The van der Waals surface area contributed by atoms with Crippen molar-refractivity contribution in [2.24, 2.45) is 0 Å². The molecule has 0 saturated carbocycles. The summed E-state index contributed by atoms with van der Waals surface area (Å²) in [5.74, 6) is -2.71. The van der Waals surface area contributed by atoms with Gasteiger partial charge >= 0.3 is 11.9 Å². The minimum absolute atomic E-state index is 0.108. The third kappa shape index (κ3) is 4.83. The molecule has 0 fully saturated rings. The van der Waals surface area contributed by atoms with Crippen LogP contribution in [0.3, 0.4) is 0 Å². The molecule has 1 rings (SSSR count). The van der Waals surface area contributed by atoms with Crippen LogP contribution in [0.5, 0.6) is 0 Å². The van der Waals surface area contributed by atoms with E-state index in [1.807, 2.05) is 18.6 Å². The Kier molecular flexibility index (Phi) is 5.45. The van der Waals surface area contributed by atoms with Gasteiger partial charge in [0.05, 0.1) is 11.3 Å².